The Labute approximate surface area is 116 Å². The molecule has 0 unspecified atom stereocenters. The van der Waals surface area contributed by atoms with Crippen molar-refractivity contribution in [3.63, 3.8) is 0 Å². The molecule has 0 radical (unpaired) electrons. The lowest BCUT2D eigenvalue weighted by molar-refractivity contribution is -0.167. The monoisotopic (exact) mass is 297 g/mol. The number of halogens is 3. The van der Waals surface area contributed by atoms with E-state index in [-0.39, 0.29) is 17.1 Å². The Kier molecular flexibility index (Phi) is 3.79. The van der Waals surface area contributed by atoms with E-state index < -0.39 is 12.1 Å². The highest BCUT2D eigenvalue weighted by Crippen LogP contribution is 2.22. The third kappa shape index (κ3) is 3.68. The lowest BCUT2D eigenvalue weighted by Crippen LogP contribution is -2.29. The molecular weight excluding hydrogens is 287 g/mol. The van der Waals surface area contributed by atoms with E-state index in [0.717, 1.165) is 0 Å². The normalized spacial score (nSPS) is 11.2. The molecule has 0 aliphatic rings. The van der Waals surface area contributed by atoms with Crippen LogP contribution in [0.15, 0.2) is 35.1 Å². The molecule has 0 saturated carbocycles. The number of nitrogens with zero attached hydrogens (tertiary/aromatic N) is 1. The van der Waals surface area contributed by atoms with Crippen LogP contribution in [-0.4, -0.2) is 22.1 Å². The van der Waals surface area contributed by atoms with Gasteiger partial charge in [0.25, 0.3) is 5.56 Å². The summed E-state index contributed by atoms with van der Waals surface area (Å²) in [5.41, 5.74) is 0.440. The van der Waals surface area contributed by atoms with Crippen molar-refractivity contribution in [2.75, 3.05) is 5.32 Å². The first-order valence-electron chi connectivity index (χ1n) is 5.82. The van der Waals surface area contributed by atoms with E-state index in [1.54, 1.807) is 18.3 Å². The molecule has 1 heterocycles. The van der Waals surface area contributed by atoms with Crippen molar-refractivity contribution in [1.82, 2.24) is 9.97 Å². The molecule has 0 bridgehead atoms. The molecule has 0 spiro atoms. The third-order valence-corrected chi connectivity index (χ3v) is 2.52. The number of alkyl halides is 3. The van der Waals surface area contributed by atoms with Crippen LogP contribution < -0.4 is 10.9 Å². The summed E-state index contributed by atoms with van der Waals surface area (Å²) in [7, 11) is 0. The maximum absolute atomic E-state index is 12.2. The Bertz CT molecular complexity index is 738. The van der Waals surface area contributed by atoms with E-state index in [1.807, 2.05) is 0 Å². The molecule has 1 aromatic carbocycles. The molecule has 2 aromatic rings. The second-order valence-corrected chi connectivity index (χ2v) is 4.27. The van der Waals surface area contributed by atoms with E-state index in [1.165, 1.54) is 24.3 Å². The van der Waals surface area contributed by atoms with Crippen molar-refractivity contribution in [3.8, 4) is 11.4 Å². The van der Waals surface area contributed by atoms with Gasteiger partial charge in [-0.25, -0.2) is 4.98 Å². The van der Waals surface area contributed by atoms with Crippen molar-refractivity contribution in [2.45, 2.75) is 13.1 Å². The summed E-state index contributed by atoms with van der Waals surface area (Å²) < 4.78 is 36.6. The van der Waals surface area contributed by atoms with Crippen LogP contribution in [-0.2, 0) is 4.79 Å². The van der Waals surface area contributed by atoms with Gasteiger partial charge in [-0.1, -0.05) is 12.1 Å². The van der Waals surface area contributed by atoms with Crippen molar-refractivity contribution in [3.05, 3.63) is 46.4 Å². The number of aromatic nitrogens is 2. The van der Waals surface area contributed by atoms with Crippen molar-refractivity contribution >= 4 is 11.6 Å². The Morgan fingerprint density at radius 2 is 2.00 bits per heavy atom. The first-order chi connectivity index (χ1) is 9.75. The fourth-order valence-corrected chi connectivity index (χ4v) is 1.66. The van der Waals surface area contributed by atoms with Gasteiger partial charge in [-0.3, -0.25) is 9.59 Å². The maximum atomic E-state index is 12.2. The van der Waals surface area contributed by atoms with Gasteiger partial charge >= 0.3 is 12.1 Å². The highest BCUT2D eigenvalue weighted by atomic mass is 19.4. The van der Waals surface area contributed by atoms with Gasteiger partial charge in [0.15, 0.2) is 0 Å². The number of hydrogen-bond donors (Lipinski definition) is 2. The number of hydrogen-bond acceptors (Lipinski definition) is 3. The molecule has 21 heavy (non-hydrogen) atoms. The van der Waals surface area contributed by atoms with Gasteiger partial charge in [0, 0.05) is 23.0 Å². The molecule has 1 amide bonds. The van der Waals surface area contributed by atoms with Crippen LogP contribution in [0.2, 0.25) is 0 Å². The largest absolute Gasteiger partial charge is 0.471 e. The highest BCUT2D eigenvalue weighted by molar-refractivity contribution is 5.95. The van der Waals surface area contributed by atoms with Gasteiger partial charge in [-0.05, 0) is 19.1 Å². The van der Waals surface area contributed by atoms with Crippen LogP contribution in [0.5, 0.6) is 0 Å². The molecule has 2 N–H and O–H groups in total. The van der Waals surface area contributed by atoms with E-state index in [2.05, 4.69) is 9.97 Å². The zero-order valence-electron chi connectivity index (χ0n) is 10.8. The average Bonchev–Trinajstić information content (AvgIpc) is 2.36. The summed E-state index contributed by atoms with van der Waals surface area (Å²) in [5, 5.41) is 1.74. The Balaban J connectivity index is 2.34. The van der Waals surface area contributed by atoms with E-state index in [9.17, 15) is 22.8 Å². The SMILES string of the molecule is Cc1cc(=O)[nH]c(-c2cccc(NC(=O)C(F)(F)F)c2)n1. The minimum atomic E-state index is -4.97. The van der Waals surface area contributed by atoms with Gasteiger partial charge < -0.3 is 10.3 Å². The number of rotatable bonds is 2. The predicted molar refractivity (Wildman–Crippen MR) is 69.7 cm³/mol. The quantitative estimate of drug-likeness (QED) is 0.892. The predicted octanol–water partition coefficient (Wildman–Crippen LogP) is 2.25. The van der Waals surface area contributed by atoms with Gasteiger partial charge in [0.05, 0.1) is 0 Å². The molecule has 5 nitrogen and oxygen atoms in total. The fourth-order valence-electron chi connectivity index (χ4n) is 1.66. The molecule has 0 aliphatic heterocycles. The van der Waals surface area contributed by atoms with Crippen LogP contribution in [0.25, 0.3) is 11.4 Å². The Morgan fingerprint density at radius 3 is 2.62 bits per heavy atom. The fraction of sp³-hybridized carbons (Fsp3) is 0.154. The third-order valence-electron chi connectivity index (χ3n) is 2.52. The molecular formula is C13H10F3N3O2. The Hall–Kier alpha value is -2.64. The molecule has 2 rings (SSSR count). The standard InChI is InChI=1S/C13H10F3N3O2/c1-7-5-10(20)19-11(17-7)8-3-2-4-9(6-8)18-12(21)13(14,15)16/h2-6H,1H3,(H,18,21)(H,17,19,20). The summed E-state index contributed by atoms with van der Waals surface area (Å²) in [5.74, 6) is -1.85. The second kappa shape index (κ2) is 5.39. The minimum absolute atomic E-state index is 0.0426. The molecule has 1 aromatic heterocycles. The first kappa shape index (κ1) is 14.8. The van der Waals surface area contributed by atoms with Crippen molar-refractivity contribution < 1.29 is 18.0 Å². The number of carbonyl (C=O) groups is 1. The summed E-state index contributed by atoms with van der Waals surface area (Å²) >= 11 is 0. The maximum Gasteiger partial charge on any atom is 0.471 e. The number of nitrogens with one attached hydrogen (secondary N) is 2. The van der Waals surface area contributed by atoms with Gasteiger partial charge in [0.2, 0.25) is 0 Å². The molecule has 110 valence electrons. The van der Waals surface area contributed by atoms with Crippen LogP contribution >= 0.6 is 0 Å². The van der Waals surface area contributed by atoms with Gasteiger partial charge in [0.1, 0.15) is 5.82 Å². The molecule has 0 fully saturated rings. The summed E-state index contributed by atoms with van der Waals surface area (Å²) in [6.45, 7) is 1.62. The first-order valence-corrected chi connectivity index (χ1v) is 5.82. The number of aryl methyl sites for hydroxylation is 1. The lowest BCUT2D eigenvalue weighted by Gasteiger charge is -2.09. The average molecular weight is 297 g/mol. The topological polar surface area (TPSA) is 74.8 Å². The second-order valence-electron chi connectivity index (χ2n) is 4.27. The zero-order valence-corrected chi connectivity index (χ0v) is 10.8. The van der Waals surface area contributed by atoms with Crippen molar-refractivity contribution in [2.24, 2.45) is 0 Å². The van der Waals surface area contributed by atoms with E-state index >= 15 is 0 Å². The van der Waals surface area contributed by atoms with E-state index in [4.69, 9.17) is 0 Å². The number of aromatic amines is 1. The summed E-state index contributed by atoms with van der Waals surface area (Å²) in [4.78, 5) is 28.8. The lowest BCUT2D eigenvalue weighted by atomic mass is 10.2. The Morgan fingerprint density at radius 1 is 1.29 bits per heavy atom. The molecule has 0 aliphatic carbocycles. The molecule has 8 heteroatoms. The minimum Gasteiger partial charge on any atom is -0.318 e. The highest BCUT2D eigenvalue weighted by Gasteiger charge is 2.38. The summed E-state index contributed by atoms with van der Waals surface area (Å²) in [6.07, 6.45) is -4.97. The number of amides is 1. The number of benzene rings is 1. The number of H-pyrrole nitrogens is 1. The van der Waals surface area contributed by atoms with Crippen LogP contribution in [0.1, 0.15) is 5.69 Å². The smallest absolute Gasteiger partial charge is 0.318 e. The summed E-state index contributed by atoms with van der Waals surface area (Å²) in [6, 6.07) is 6.89. The van der Waals surface area contributed by atoms with Crippen LogP contribution in [0.4, 0.5) is 18.9 Å². The van der Waals surface area contributed by atoms with Gasteiger partial charge in [-0.15, -0.1) is 0 Å². The van der Waals surface area contributed by atoms with Crippen LogP contribution in [0.3, 0.4) is 0 Å². The number of carbonyl (C=O) groups excluding carboxylic acids is 1. The van der Waals surface area contributed by atoms with Gasteiger partial charge in [-0.2, -0.15) is 13.2 Å². The van der Waals surface area contributed by atoms with Crippen molar-refractivity contribution in [1.29, 1.82) is 0 Å². The molecule has 0 atom stereocenters. The zero-order chi connectivity index (χ0) is 15.6. The van der Waals surface area contributed by atoms with Crippen LogP contribution in [0, 0.1) is 6.92 Å². The molecule has 0 saturated heterocycles. The number of anilines is 1. The van der Waals surface area contributed by atoms with E-state index in [0.29, 0.717) is 11.3 Å².